The van der Waals surface area contributed by atoms with Crippen molar-refractivity contribution in [2.24, 2.45) is 7.05 Å². The van der Waals surface area contributed by atoms with Gasteiger partial charge in [-0.3, -0.25) is 4.79 Å². The molecule has 1 N–H and O–H groups in total. The monoisotopic (exact) mass is 244 g/mol. The van der Waals surface area contributed by atoms with Crippen molar-refractivity contribution in [1.82, 2.24) is 20.1 Å². The third kappa shape index (κ3) is 3.82. The number of rotatable bonds is 6. The largest absolute Gasteiger partial charge is 0.383 e. The molecule has 1 atom stereocenters. The van der Waals surface area contributed by atoms with Crippen LogP contribution in [-0.2, 0) is 16.6 Å². The molecule has 0 saturated carbocycles. The van der Waals surface area contributed by atoms with Crippen molar-refractivity contribution >= 4 is 17.7 Å². The molecule has 1 rings (SSSR count). The number of hydrogen-bond acceptors (Lipinski definition) is 5. The first-order chi connectivity index (χ1) is 7.65. The number of ether oxygens (including phenoxy) is 1. The normalized spacial score (nSPS) is 12.4. The summed E-state index contributed by atoms with van der Waals surface area (Å²) in [4.78, 5) is 11.6. The lowest BCUT2D eigenvalue weighted by atomic mass is 10.4. The Morgan fingerprint density at radius 3 is 3.06 bits per heavy atom. The Bertz CT molecular complexity index is 342. The summed E-state index contributed by atoms with van der Waals surface area (Å²) in [6.45, 7) is 2.88. The van der Waals surface area contributed by atoms with Crippen molar-refractivity contribution in [2.75, 3.05) is 20.3 Å². The summed E-state index contributed by atoms with van der Waals surface area (Å²) in [5, 5.41) is 11.0. The van der Waals surface area contributed by atoms with E-state index in [9.17, 15) is 4.79 Å². The number of hydrogen-bond donors (Lipinski definition) is 1. The van der Waals surface area contributed by atoms with Crippen LogP contribution in [0.25, 0.3) is 0 Å². The van der Waals surface area contributed by atoms with Crippen LogP contribution in [0.5, 0.6) is 0 Å². The van der Waals surface area contributed by atoms with Crippen LogP contribution in [0.15, 0.2) is 11.5 Å². The maximum atomic E-state index is 11.6. The lowest BCUT2D eigenvalue weighted by molar-refractivity contribution is -0.120. The third-order valence-corrected chi connectivity index (χ3v) is 3.07. The Kier molecular flexibility index (Phi) is 5.27. The van der Waals surface area contributed by atoms with Crippen LogP contribution in [0.4, 0.5) is 0 Å². The molecule has 0 saturated heterocycles. The molecular formula is C9H16N4O2S. The van der Waals surface area contributed by atoms with Crippen LogP contribution < -0.4 is 5.32 Å². The number of carbonyl (C=O) groups excluding carboxylic acids is 1. The Morgan fingerprint density at radius 1 is 1.75 bits per heavy atom. The Morgan fingerprint density at radius 2 is 2.50 bits per heavy atom. The molecule has 0 unspecified atom stereocenters. The molecule has 1 amide bonds. The Hall–Kier alpha value is -1.08. The van der Waals surface area contributed by atoms with Crippen LogP contribution in [0.3, 0.4) is 0 Å². The first-order valence-electron chi connectivity index (χ1n) is 4.92. The first kappa shape index (κ1) is 13.0. The zero-order valence-electron chi connectivity index (χ0n) is 9.64. The van der Waals surface area contributed by atoms with Gasteiger partial charge in [0.15, 0.2) is 5.16 Å². The quantitative estimate of drug-likeness (QED) is 0.566. The predicted molar refractivity (Wildman–Crippen MR) is 61.2 cm³/mol. The van der Waals surface area contributed by atoms with E-state index in [2.05, 4.69) is 15.5 Å². The molecule has 0 bridgehead atoms. The number of nitrogens with one attached hydrogen (secondary N) is 1. The molecular weight excluding hydrogens is 228 g/mol. The highest BCUT2D eigenvalue weighted by Crippen LogP contribution is 2.19. The number of aryl methyl sites for hydroxylation is 1. The minimum Gasteiger partial charge on any atom is -0.383 e. The molecule has 0 radical (unpaired) electrons. The number of thioether (sulfide) groups is 1. The summed E-state index contributed by atoms with van der Waals surface area (Å²) < 4.78 is 6.63. The molecule has 0 aliphatic carbocycles. The van der Waals surface area contributed by atoms with Gasteiger partial charge in [-0.1, -0.05) is 11.8 Å². The van der Waals surface area contributed by atoms with E-state index in [0.717, 1.165) is 5.16 Å². The minimum absolute atomic E-state index is 0.0231. The number of aromatic nitrogens is 3. The average molecular weight is 244 g/mol. The standard InChI is InChI=1S/C9H16N4O2S/c1-7(8(14)10-4-5-15-3)16-9-12-11-6-13(9)2/h6-7H,4-5H2,1-3H3,(H,10,14)/t7-/m0/s1. The van der Waals surface area contributed by atoms with Gasteiger partial charge in [0.05, 0.1) is 11.9 Å². The predicted octanol–water partition coefficient (Wildman–Crippen LogP) is 0.0583. The van der Waals surface area contributed by atoms with Crippen molar-refractivity contribution < 1.29 is 9.53 Å². The number of carbonyl (C=O) groups is 1. The van der Waals surface area contributed by atoms with Crippen molar-refractivity contribution in [3.63, 3.8) is 0 Å². The van der Waals surface area contributed by atoms with Gasteiger partial charge in [-0.2, -0.15) is 0 Å². The number of methoxy groups -OCH3 is 1. The maximum Gasteiger partial charge on any atom is 0.233 e. The highest BCUT2D eigenvalue weighted by Gasteiger charge is 2.16. The maximum absolute atomic E-state index is 11.6. The molecule has 0 aromatic carbocycles. The first-order valence-corrected chi connectivity index (χ1v) is 5.80. The highest BCUT2D eigenvalue weighted by atomic mass is 32.2. The van der Waals surface area contributed by atoms with Crippen LogP contribution in [0.2, 0.25) is 0 Å². The third-order valence-electron chi connectivity index (χ3n) is 1.93. The molecule has 0 fully saturated rings. The van der Waals surface area contributed by atoms with Gasteiger partial charge in [-0.25, -0.2) is 0 Å². The number of amides is 1. The second-order valence-corrected chi connectivity index (χ2v) is 4.58. The van der Waals surface area contributed by atoms with E-state index >= 15 is 0 Å². The molecule has 6 nitrogen and oxygen atoms in total. The van der Waals surface area contributed by atoms with Crippen molar-refractivity contribution in [3.05, 3.63) is 6.33 Å². The minimum atomic E-state index is -0.195. The number of nitrogens with zero attached hydrogens (tertiary/aromatic N) is 3. The molecule has 1 heterocycles. The van der Waals surface area contributed by atoms with Crippen LogP contribution in [0.1, 0.15) is 6.92 Å². The van der Waals surface area contributed by atoms with Crippen molar-refractivity contribution in [3.8, 4) is 0 Å². The summed E-state index contributed by atoms with van der Waals surface area (Å²) in [5.41, 5.74) is 0. The summed E-state index contributed by atoms with van der Waals surface area (Å²) in [6, 6.07) is 0. The zero-order chi connectivity index (χ0) is 12.0. The summed E-state index contributed by atoms with van der Waals surface area (Å²) in [7, 11) is 3.45. The van der Waals surface area contributed by atoms with Crippen LogP contribution in [-0.4, -0.2) is 46.2 Å². The molecule has 0 aliphatic rings. The highest BCUT2D eigenvalue weighted by molar-refractivity contribution is 8.00. The molecule has 1 aromatic rings. The summed E-state index contributed by atoms with van der Waals surface area (Å²) in [5.74, 6) is -0.0231. The topological polar surface area (TPSA) is 69.0 Å². The molecule has 7 heteroatoms. The molecule has 0 aliphatic heterocycles. The van der Waals surface area contributed by atoms with Crippen molar-refractivity contribution in [1.29, 1.82) is 0 Å². The van der Waals surface area contributed by atoms with E-state index in [1.165, 1.54) is 11.8 Å². The smallest absolute Gasteiger partial charge is 0.233 e. The van der Waals surface area contributed by atoms with E-state index < -0.39 is 0 Å². The van der Waals surface area contributed by atoms with Crippen molar-refractivity contribution in [2.45, 2.75) is 17.3 Å². The van der Waals surface area contributed by atoms with Gasteiger partial charge in [0.1, 0.15) is 6.33 Å². The molecule has 90 valence electrons. The van der Waals surface area contributed by atoms with Gasteiger partial charge in [0.25, 0.3) is 0 Å². The van der Waals surface area contributed by atoms with Gasteiger partial charge in [-0.15, -0.1) is 10.2 Å². The van der Waals surface area contributed by atoms with E-state index in [1.54, 1.807) is 18.0 Å². The van der Waals surface area contributed by atoms with E-state index in [0.29, 0.717) is 13.2 Å². The summed E-state index contributed by atoms with van der Waals surface area (Å²) >= 11 is 1.38. The van der Waals surface area contributed by atoms with E-state index in [1.807, 2.05) is 14.0 Å². The Labute approximate surface area is 98.8 Å². The fourth-order valence-corrected chi connectivity index (χ4v) is 1.83. The van der Waals surface area contributed by atoms with Gasteiger partial charge in [0.2, 0.25) is 5.91 Å². The molecule has 16 heavy (non-hydrogen) atoms. The lowest BCUT2D eigenvalue weighted by Crippen LogP contribution is -2.33. The fourth-order valence-electron chi connectivity index (χ4n) is 1.01. The van der Waals surface area contributed by atoms with Crippen LogP contribution in [0, 0.1) is 0 Å². The van der Waals surface area contributed by atoms with Gasteiger partial charge in [-0.05, 0) is 6.92 Å². The second-order valence-electron chi connectivity index (χ2n) is 3.27. The SMILES string of the molecule is COCCNC(=O)[C@H](C)Sc1nncn1C. The second kappa shape index (κ2) is 6.49. The fraction of sp³-hybridized carbons (Fsp3) is 0.667. The van der Waals surface area contributed by atoms with Crippen LogP contribution >= 0.6 is 11.8 Å². The zero-order valence-corrected chi connectivity index (χ0v) is 10.5. The van der Waals surface area contributed by atoms with Gasteiger partial charge in [0, 0.05) is 20.7 Å². The molecule has 0 spiro atoms. The average Bonchev–Trinajstić information content (AvgIpc) is 2.64. The Balaban J connectivity index is 2.37. The van der Waals surface area contributed by atoms with Gasteiger partial charge < -0.3 is 14.6 Å². The van der Waals surface area contributed by atoms with E-state index in [-0.39, 0.29) is 11.2 Å². The summed E-state index contributed by atoms with van der Waals surface area (Å²) in [6.07, 6.45) is 1.61. The van der Waals surface area contributed by atoms with E-state index in [4.69, 9.17) is 4.74 Å². The van der Waals surface area contributed by atoms with Gasteiger partial charge >= 0.3 is 0 Å². The molecule has 1 aromatic heterocycles. The lowest BCUT2D eigenvalue weighted by Gasteiger charge is -2.10.